The van der Waals surface area contributed by atoms with Gasteiger partial charge in [-0.2, -0.15) is 0 Å². The minimum atomic E-state index is -1.50. The molecule has 0 aliphatic heterocycles. The molecule has 5 N–H and O–H groups in total. The van der Waals surface area contributed by atoms with Crippen molar-refractivity contribution < 1.29 is 50.6 Å². The molecule has 0 fully saturated rings. The third-order valence-corrected chi connectivity index (χ3v) is 0.690. The van der Waals surface area contributed by atoms with Crippen molar-refractivity contribution in [3.63, 3.8) is 0 Å². The number of aliphatic hydroxyl groups is 2. The van der Waals surface area contributed by atoms with Gasteiger partial charge in [-0.25, -0.2) is 0 Å². The summed E-state index contributed by atoms with van der Waals surface area (Å²) in [5.41, 5.74) is 0. The summed E-state index contributed by atoms with van der Waals surface area (Å²) in [5.74, 6) is -0.456. The van der Waals surface area contributed by atoms with Gasteiger partial charge in [0.25, 0.3) is 15.3 Å². The number of esters is 1. The van der Waals surface area contributed by atoms with Crippen LogP contribution >= 0.6 is 0 Å². The maximum absolute atomic E-state index is 10.0. The molecular weight excluding hydrogens is 310 g/mol. The van der Waals surface area contributed by atoms with E-state index in [0.29, 0.717) is 0 Å². The average Bonchev–Trinajstić information content (AvgIpc) is 2.23. The second-order valence-corrected chi connectivity index (χ2v) is 2.35. The molecule has 0 spiro atoms. The third-order valence-electron chi connectivity index (χ3n) is 0.690. The Morgan fingerprint density at radius 1 is 1.05 bits per heavy atom. The van der Waals surface area contributed by atoms with E-state index < -0.39 is 27.3 Å². The van der Waals surface area contributed by atoms with E-state index >= 15 is 0 Å². The van der Waals surface area contributed by atoms with E-state index in [1.807, 2.05) is 0 Å². The Morgan fingerprint density at radius 2 is 1.29 bits per heavy atom. The highest BCUT2D eigenvalue weighted by Crippen LogP contribution is 1.82. The Hall–Kier alpha value is -3.01. The number of carbonyl (C=O) groups excluding carboxylic acids is 1. The fourth-order valence-electron chi connectivity index (χ4n) is 0.266. The van der Waals surface area contributed by atoms with Gasteiger partial charge in [-0.15, -0.1) is 30.3 Å². The molecule has 0 aromatic rings. The van der Waals surface area contributed by atoms with E-state index in [9.17, 15) is 4.79 Å². The summed E-state index contributed by atoms with van der Waals surface area (Å²) in [6, 6.07) is 0. The van der Waals surface area contributed by atoms with Crippen molar-refractivity contribution in [2.75, 3.05) is 13.2 Å². The van der Waals surface area contributed by atoms with Crippen molar-refractivity contribution in [2.45, 2.75) is 13.0 Å². The van der Waals surface area contributed by atoms with Gasteiger partial charge in [0.1, 0.15) is 12.7 Å². The largest absolute Gasteiger partial charge is 0.463 e. The second kappa shape index (κ2) is 19.3. The number of nitrogens with zero attached hydrogens (tertiary/aromatic N) is 3. The lowest BCUT2D eigenvalue weighted by atomic mass is 10.4. The standard InChI is InChI=1S/C5H10O4.3HNO3/c1-4(7)9-3-5(8)2-6;3*2-1(3)4/h5-6,8H,2-3H2,1H3;3*(H,2,3,4). The van der Waals surface area contributed by atoms with Crippen LogP contribution in [0.25, 0.3) is 0 Å². The van der Waals surface area contributed by atoms with Crippen molar-refractivity contribution in [2.24, 2.45) is 0 Å². The van der Waals surface area contributed by atoms with Gasteiger partial charge in [0, 0.05) is 6.92 Å². The molecule has 0 aliphatic rings. The number of rotatable bonds is 3. The summed E-state index contributed by atoms with van der Waals surface area (Å²) in [7, 11) is 0. The molecule has 21 heavy (non-hydrogen) atoms. The molecule has 0 bridgehead atoms. The molecule has 1 unspecified atom stereocenters. The predicted molar refractivity (Wildman–Crippen MR) is 56.1 cm³/mol. The summed E-state index contributed by atoms with van der Waals surface area (Å²) < 4.78 is 4.35. The van der Waals surface area contributed by atoms with Crippen LogP contribution in [0.4, 0.5) is 0 Å². The van der Waals surface area contributed by atoms with Crippen LogP contribution in [0.3, 0.4) is 0 Å². The second-order valence-electron chi connectivity index (χ2n) is 2.35. The van der Waals surface area contributed by atoms with Gasteiger partial charge < -0.3 is 30.6 Å². The van der Waals surface area contributed by atoms with E-state index in [-0.39, 0.29) is 13.2 Å². The van der Waals surface area contributed by atoms with Gasteiger partial charge >= 0.3 is 5.97 Å². The van der Waals surface area contributed by atoms with Crippen LogP contribution in [-0.2, 0) is 9.53 Å². The van der Waals surface area contributed by atoms with E-state index in [2.05, 4.69) is 4.74 Å². The topological polar surface area (TPSA) is 257 Å². The normalized spacial score (nSPS) is 8.90. The quantitative estimate of drug-likeness (QED) is 0.211. The molecular formula is C5H13N3O13. The minimum Gasteiger partial charge on any atom is -0.463 e. The zero-order chi connectivity index (χ0) is 18.0. The smallest absolute Gasteiger partial charge is 0.302 e. The Balaban J connectivity index is -0.000000102. The van der Waals surface area contributed by atoms with Crippen LogP contribution in [0.1, 0.15) is 6.92 Å². The van der Waals surface area contributed by atoms with Crippen LogP contribution in [0, 0.1) is 30.3 Å². The summed E-state index contributed by atoms with van der Waals surface area (Å²) in [6.07, 6.45) is -0.950. The van der Waals surface area contributed by atoms with Gasteiger partial charge in [-0.1, -0.05) is 0 Å². The third kappa shape index (κ3) is 240. The van der Waals surface area contributed by atoms with E-state index in [1.54, 1.807) is 0 Å². The van der Waals surface area contributed by atoms with Crippen LogP contribution in [0.5, 0.6) is 0 Å². The van der Waals surface area contributed by atoms with Gasteiger partial charge in [-0.3, -0.25) is 4.79 Å². The SMILES string of the molecule is CC(=O)OCC(O)CO.O=[N+]([O-])O.O=[N+]([O-])O.O=[N+]([O-])O. The first-order valence-electron chi connectivity index (χ1n) is 4.28. The highest BCUT2D eigenvalue weighted by Gasteiger charge is 2.02. The highest BCUT2D eigenvalue weighted by molar-refractivity contribution is 5.65. The predicted octanol–water partition coefficient (Wildman–Crippen LogP) is -2.14. The summed E-state index contributed by atoms with van der Waals surface area (Å²) in [5, 5.41) is 57.7. The first-order chi connectivity index (χ1) is 9.36. The fraction of sp³-hybridized carbons (Fsp3) is 0.800. The Kier molecular flexibility index (Phi) is 24.4. The number of hydrogen-bond acceptors (Lipinski definition) is 10. The number of ether oxygens (including phenoxy) is 1. The molecule has 0 radical (unpaired) electrons. The number of carbonyl (C=O) groups is 1. The van der Waals surface area contributed by atoms with Crippen molar-refractivity contribution in [1.29, 1.82) is 0 Å². The summed E-state index contributed by atoms with van der Waals surface area (Å²) >= 11 is 0. The van der Waals surface area contributed by atoms with Crippen molar-refractivity contribution >= 4 is 5.97 Å². The van der Waals surface area contributed by atoms with Gasteiger partial charge in [-0.05, 0) is 0 Å². The van der Waals surface area contributed by atoms with E-state index in [1.165, 1.54) is 6.92 Å². The highest BCUT2D eigenvalue weighted by atomic mass is 16.9. The van der Waals surface area contributed by atoms with E-state index in [0.717, 1.165) is 0 Å². The van der Waals surface area contributed by atoms with Gasteiger partial charge in [0.2, 0.25) is 0 Å². The lowest BCUT2D eigenvalue weighted by Crippen LogP contribution is -2.20. The van der Waals surface area contributed by atoms with Crippen LogP contribution < -0.4 is 0 Å². The fourth-order valence-corrected chi connectivity index (χ4v) is 0.266. The maximum atomic E-state index is 10.0. The molecule has 0 aliphatic carbocycles. The molecule has 0 saturated heterocycles. The molecule has 0 rings (SSSR count). The molecule has 126 valence electrons. The van der Waals surface area contributed by atoms with Crippen molar-refractivity contribution in [3.05, 3.63) is 30.3 Å². The number of aliphatic hydroxyl groups excluding tert-OH is 2. The monoisotopic (exact) mass is 323 g/mol. The molecule has 0 aromatic carbocycles. The van der Waals surface area contributed by atoms with Crippen LogP contribution in [0.2, 0.25) is 0 Å². The van der Waals surface area contributed by atoms with E-state index in [4.69, 9.17) is 56.2 Å². The molecule has 0 amide bonds. The molecule has 0 heterocycles. The molecule has 1 atom stereocenters. The molecule has 16 heteroatoms. The van der Waals surface area contributed by atoms with Crippen LogP contribution in [0.15, 0.2) is 0 Å². The summed E-state index contributed by atoms with van der Waals surface area (Å²) in [6.45, 7) is 0.725. The van der Waals surface area contributed by atoms with Gasteiger partial charge in [0.15, 0.2) is 0 Å². The maximum Gasteiger partial charge on any atom is 0.302 e. The number of hydrogen-bond donors (Lipinski definition) is 5. The minimum absolute atomic E-state index is 0.133. The first kappa shape index (κ1) is 26.5. The Morgan fingerprint density at radius 3 is 1.43 bits per heavy atom. The molecule has 0 aromatic heterocycles. The lowest BCUT2D eigenvalue weighted by Gasteiger charge is -2.05. The average molecular weight is 323 g/mol. The van der Waals surface area contributed by atoms with Crippen molar-refractivity contribution in [3.8, 4) is 0 Å². The van der Waals surface area contributed by atoms with Crippen molar-refractivity contribution in [1.82, 2.24) is 0 Å². The zero-order valence-corrected chi connectivity index (χ0v) is 10.3. The first-order valence-corrected chi connectivity index (χ1v) is 4.28. The summed E-state index contributed by atoms with van der Waals surface area (Å²) in [4.78, 5) is 35.1. The zero-order valence-electron chi connectivity index (χ0n) is 10.3. The van der Waals surface area contributed by atoms with Crippen LogP contribution in [-0.4, -0.2) is 66.4 Å². The Bertz CT molecular complexity index is 266. The van der Waals surface area contributed by atoms with Gasteiger partial charge in [0.05, 0.1) is 6.61 Å². The molecule has 0 saturated carbocycles. The Labute approximate surface area is 114 Å². The lowest BCUT2D eigenvalue weighted by molar-refractivity contribution is -0.742. The molecule has 16 nitrogen and oxygen atoms in total.